The van der Waals surface area contributed by atoms with Crippen LogP contribution < -0.4 is 14.8 Å². The molecule has 8 heteroatoms. The molecule has 3 rings (SSSR count). The molecule has 0 saturated carbocycles. The maximum absolute atomic E-state index is 13.5. The van der Waals surface area contributed by atoms with Crippen molar-refractivity contribution in [1.82, 2.24) is 5.32 Å². The fourth-order valence-corrected chi connectivity index (χ4v) is 5.94. The van der Waals surface area contributed by atoms with Gasteiger partial charge in [-0.1, -0.05) is 55.8 Å². The Labute approximate surface area is 239 Å². The lowest BCUT2D eigenvalue weighted by Gasteiger charge is -2.19. The molecule has 3 N–H and O–H groups in total. The molecule has 218 valence electrons. The lowest BCUT2D eigenvalue weighted by atomic mass is 10.1. The van der Waals surface area contributed by atoms with Crippen LogP contribution in [0.4, 0.5) is 0 Å². The summed E-state index contributed by atoms with van der Waals surface area (Å²) >= 11 is 0. The average Bonchev–Trinajstić information content (AvgIpc) is 2.98. The fraction of sp³-hybridized carbons (Fsp3) is 0.438. The third-order valence-electron chi connectivity index (χ3n) is 6.56. The Bertz CT molecular complexity index is 1160. The Hall–Kier alpha value is -2.83. The van der Waals surface area contributed by atoms with Gasteiger partial charge >= 0.3 is 0 Å². The number of phenols is 1. The monoisotopic (exact) mass is 569 g/mol. The van der Waals surface area contributed by atoms with Crippen molar-refractivity contribution in [3.8, 4) is 17.2 Å². The number of unbranched alkanes of at least 4 members (excludes halogenated alkanes) is 1. The molecule has 0 aliphatic heterocycles. The van der Waals surface area contributed by atoms with Crippen LogP contribution in [0.1, 0.15) is 49.3 Å². The molecule has 0 fully saturated rings. The van der Waals surface area contributed by atoms with Gasteiger partial charge < -0.3 is 29.5 Å². The van der Waals surface area contributed by atoms with Crippen LogP contribution in [0.2, 0.25) is 0 Å². The summed E-state index contributed by atoms with van der Waals surface area (Å²) in [5.41, 5.74) is 2.90. The van der Waals surface area contributed by atoms with E-state index < -0.39 is 7.37 Å². The number of aromatic hydroxyl groups is 1. The van der Waals surface area contributed by atoms with E-state index in [0.717, 1.165) is 51.6 Å². The van der Waals surface area contributed by atoms with E-state index >= 15 is 0 Å². The number of aliphatic hydroxyl groups excluding tert-OH is 1. The van der Waals surface area contributed by atoms with E-state index in [1.807, 2.05) is 42.5 Å². The van der Waals surface area contributed by atoms with Gasteiger partial charge in [0.05, 0.1) is 19.8 Å². The number of rotatable bonds is 20. The van der Waals surface area contributed by atoms with Crippen molar-refractivity contribution in [1.29, 1.82) is 0 Å². The third kappa shape index (κ3) is 11.7. The Balaban J connectivity index is 1.34. The highest BCUT2D eigenvalue weighted by Gasteiger charge is 2.24. The molecule has 0 bridgehead atoms. The summed E-state index contributed by atoms with van der Waals surface area (Å²) < 4.78 is 31.0. The SMILES string of the molecule is CCCCOP(=O)(CCCc1ccccc1)COc1ccc(CCNCCCOc2ccc(O)c(CO)c2)cc1. The number of ether oxygens (including phenoxy) is 2. The zero-order chi connectivity index (χ0) is 28.5. The number of nitrogens with one attached hydrogen (secondary N) is 1. The van der Waals surface area contributed by atoms with Crippen molar-refractivity contribution in [3.63, 3.8) is 0 Å². The minimum absolute atomic E-state index is 0.0714. The van der Waals surface area contributed by atoms with Crippen LogP contribution in [0.25, 0.3) is 0 Å². The van der Waals surface area contributed by atoms with Gasteiger partial charge in [0, 0.05) is 11.7 Å². The predicted octanol–water partition coefficient (Wildman–Crippen LogP) is 6.55. The van der Waals surface area contributed by atoms with Crippen molar-refractivity contribution in [3.05, 3.63) is 89.5 Å². The molecular formula is C32H44NO6P. The predicted molar refractivity (Wildman–Crippen MR) is 161 cm³/mol. The second-order valence-corrected chi connectivity index (χ2v) is 12.5. The number of hydrogen-bond acceptors (Lipinski definition) is 7. The average molecular weight is 570 g/mol. The highest BCUT2D eigenvalue weighted by Crippen LogP contribution is 2.48. The molecule has 0 aliphatic carbocycles. The maximum atomic E-state index is 13.5. The van der Waals surface area contributed by atoms with Gasteiger partial charge in [0.15, 0.2) is 6.35 Å². The normalized spacial score (nSPS) is 12.7. The molecule has 3 aromatic rings. The molecule has 0 aromatic heterocycles. The van der Waals surface area contributed by atoms with E-state index in [1.54, 1.807) is 12.1 Å². The van der Waals surface area contributed by atoms with Gasteiger partial charge in [0.2, 0.25) is 7.37 Å². The quantitative estimate of drug-likeness (QED) is 0.105. The summed E-state index contributed by atoms with van der Waals surface area (Å²) in [5, 5.41) is 22.3. The van der Waals surface area contributed by atoms with E-state index in [9.17, 15) is 14.8 Å². The van der Waals surface area contributed by atoms with Crippen molar-refractivity contribution < 1.29 is 28.8 Å². The molecule has 40 heavy (non-hydrogen) atoms. The zero-order valence-electron chi connectivity index (χ0n) is 23.6. The van der Waals surface area contributed by atoms with E-state index in [0.29, 0.717) is 36.4 Å². The first-order chi connectivity index (χ1) is 19.5. The van der Waals surface area contributed by atoms with Gasteiger partial charge in [0.1, 0.15) is 17.2 Å². The van der Waals surface area contributed by atoms with Gasteiger partial charge in [-0.2, -0.15) is 0 Å². The second kappa shape index (κ2) is 17.8. The minimum Gasteiger partial charge on any atom is -0.508 e. The Kier molecular flexibility index (Phi) is 14.1. The van der Waals surface area contributed by atoms with Crippen LogP contribution in [0, 0.1) is 0 Å². The van der Waals surface area contributed by atoms with Gasteiger partial charge in [-0.3, -0.25) is 4.57 Å². The number of aliphatic hydroxyl groups is 1. The Morgan fingerprint density at radius 1 is 0.800 bits per heavy atom. The topological polar surface area (TPSA) is 97.3 Å². The lowest BCUT2D eigenvalue weighted by Crippen LogP contribution is -2.20. The van der Waals surface area contributed by atoms with Gasteiger partial charge in [0.25, 0.3) is 0 Å². The van der Waals surface area contributed by atoms with Crippen LogP contribution in [0.15, 0.2) is 72.8 Å². The van der Waals surface area contributed by atoms with E-state index in [-0.39, 0.29) is 18.7 Å². The standard InChI is InChI=1S/C32H44NO6P/c1-2-3-22-39-40(36,23-7-11-27-9-5-4-6-10-27)26-38-30-14-12-28(13-15-30)18-20-33-19-8-21-37-31-16-17-32(35)29(24-31)25-34/h4-6,9-10,12-17,24,33-35H,2-3,7-8,11,18-23,25-26H2,1H3. The second-order valence-electron chi connectivity index (χ2n) is 9.88. The molecule has 0 spiro atoms. The van der Waals surface area contributed by atoms with Crippen molar-refractivity contribution in [2.24, 2.45) is 0 Å². The summed E-state index contributed by atoms with van der Waals surface area (Å²) in [6.45, 7) is 4.59. The van der Waals surface area contributed by atoms with Crippen LogP contribution in [0.3, 0.4) is 0 Å². The molecule has 1 atom stereocenters. The summed E-state index contributed by atoms with van der Waals surface area (Å²) in [4.78, 5) is 0. The Morgan fingerprint density at radius 3 is 2.30 bits per heavy atom. The van der Waals surface area contributed by atoms with Crippen molar-refractivity contribution in [2.45, 2.75) is 52.1 Å². The molecule has 0 radical (unpaired) electrons. The summed E-state index contributed by atoms with van der Waals surface area (Å²) in [5.74, 6) is 1.41. The number of hydrogen-bond donors (Lipinski definition) is 3. The van der Waals surface area contributed by atoms with Crippen LogP contribution in [-0.2, 0) is 28.5 Å². The summed E-state index contributed by atoms with van der Waals surface area (Å²) in [6, 6.07) is 23.1. The van der Waals surface area contributed by atoms with E-state index in [4.69, 9.17) is 14.0 Å². The fourth-order valence-electron chi connectivity index (χ4n) is 4.16. The minimum atomic E-state index is -2.89. The van der Waals surface area contributed by atoms with Gasteiger partial charge in [-0.15, -0.1) is 0 Å². The molecule has 0 saturated heterocycles. The van der Waals surface area contributed by atoms with E-state index in [1.165, 1.54) is 17.2 Å². The van der Waals surface area contributed by atoms with Crippen LogP contribution >= 0.6 is 7.37 Å². The molecule has 3 aromatic carbocycles. The van der Waals surface area contributed by atoms with Gasteiger partial charge in [-0.05, 0) is 86.7 Å². The highest BCUT2D eigenvalue weighted by molar-refractivity contribution is 7.58. The summed E-state index contributed by atoms with van der Waals surface area (Å²) in [7, 11) is -2.89. The molecule has 7 nitrogen and oxygen atoms in total. The zero-order valence-corrected chi connectivity index (χ0v) is 24.5. The van der Waals surface area contributed by atoms with Gasteiger partial charge in [-0.25, -0.2) is 0 Å². The first kappa shape index (κ1) is 31.7. The lowest BCUT2D eigenvalue weighted by molar-refractivity contribution is 0.272. The van der Waals surface area contributed by atoms with Crippen LogP contribution in [0.5, 0.6) is 17.2 Å². The molecular weight excluding hydrogens is 525 g/mol. The third-order valence-corrected chi connectivity index (χ3v) is 8.73. The molecule has 1 unspecified atom stereocenters. The van der Waals surface area contributed by atoms with Crippen LogP contribution in [-0.4, -0.2) is 49.0 Å². The highest BCUT2D eigenvalue weighted by atomic mass is 31.2. The van der Waals surface area contributed by atoms with Crippen molar-refractivity contribution in [2.75, 3.05) is 38.8 Å². The first-order valence-electron chi connectivity index (χ1n) is 14.3. The largest absolute Gasteiger partial charge is 0.508 e. The maximum Gasteiger partial charge on any atom is 0.239 e. The smallest absolute Gasteiger partial charge is 0.239 e. The number of aryl methyl sites for hydroxylation is 1. The summed E-state index contributed by atoms with van der Waals surface area (Å²) in [6.07, 6.45) is 5.91. The van der Waals surface area contributed by atoms with Crippen molar-refractivity contribution >= 4 is 7.37 Å². The molecule has 0 aliphatic rings. The Morgan fingerprint density at radius 2 is 1.55 bits per heavy atom. The number of benzene rings is 3. The first-order valence-corrected chi connectivity index (χ1v) is 16.3. The molecule has 0 heterocycles. The van der Waals surface area contributed by atoms with E-state index in [2.05, 4.69) is 24.4 Å². The molecule has 0 amide bonds.